The van der Waals surface area contributed by atoms with E-state index in [-0.39, 0.29) is 17.1 Å². The van der Waals surface area contributed by atoms with Crippen molar-refractivity contribution in [1.29, 1.82) is 0 Å². The van der Waals surface area contributed by atoms with E-state index in [1.807, 2.05) is 51.1 Å². The predicted octanol–water partition coefficient (Wildman–Crippen LogP) is 4.23. The largest absolute Gasteiger partial charge is 0.504 e. The molecular weight excluding hydrogens is 328 g/mol. The van der Waals surface area contributed by atoms with Crippen LogP contribution in [0.25, 0.3) is 6.08 Å². The van der Waals surface area contributed by atoms with Crippen LogP contribution in [0.1, 0.15) is 26.3 Å². The van der Waals surface area contributed by atoms with Crippen LogP contribution in [-0.2, 0) is 4.79 Å². The number of nitrogens with zero attached hydrogens (tertiary/aromatic N) is 2. The number of phenols is 1. The number of hydrogen-bond donors (Lipinski definition) is 1. The molecule has 0 spiro atoms. The topological polar surface area (TPSA) is 62.1 Å². The number of phenolic OH excluding ortho intramolecular Hbond substituents is 1. The second-order valence-electron chi connectivity index (χ2n) is 7.11. The van der Waals surface area contributed by atoms with Crippen molar-refractivity contribution < 1.29 is 14.6 Å². The van der Waals surface area contributed by atoms with Crippen molar-refractivity contribution in [1.82, 2.24) is 0 Å². The fraction of sp³-hybridized carbons (Fsp3) is 0.238. The molecule has 3 rings (SSSR count). The van der Waals surface area contributed by atoms with Crippen LogP contribution in [0.4, 0.5) is 5.69 Å². The Bertz CT molecular complexity index is 893. The molecule has 1 aliphatic rings. The number of carbonyl (C=O) groups excluding carboxylic acids is 1. The van der Waals surface area contributed by atoms with Gasteiger partial charge in [0, 0.05) is 11.0 Å². The predicted molar refractivity (Wildman–Crippen MR) is 103 cm³/mol. The van der Waals surface area contributed by atoms with Gasteiger partial charge >= 0.3 is 0 Å². The standard InChI is InChI=1S/C21H22N2O3/c1-21(2,3)19-16(13-14-9-8-12-17(26-4)18(14)24)20(25)23(22-19)15-10-6-5-7-11-15/h5-13,24H,1-4H3/b16-13-. The second-order valence-corrected chi connectivity index (χ2v) is 7.11. The minimum atomic E-state index is -0.334. The second kappa shape index (κ2) is 6.67. The molecule has 1 N–H and O–H groups in total. The monoisotopic (exact) mass is 350 g/mol. The number of ether oxygens (including phenoxy) is 1. The zero-order chi connectivity index (χ0) is 18.9. The molecule has 0 fully saturated rings. The Labute approximate surface area is 153 Å². The van der Waals surface area contributed by atoms with Crippen molar-refractivity contribution in [2.24, 2.45) is 10.5 Å². The van der Waals surface area contributed by atoms with E-state index in [0.29, 0.717) is 28.3 Å². The highest BCUT2D eigenvalue weighted by Crippen LogP contribution is 2.35. The molecule has 0 atom stereocenters. The number of hydrazone groups is 1. The van der Waals surface area contributed by atoms with Gasteiger partial charge in [0.05, 0.1) is 24.1 Å². The van der Waals surface area contributed by atoms with Gasteiger partial charge in [-0.1, -0.05) is 51.1 Å². The third-order valence-corrected chi connectivity index (χ3v) is 4.14. The molecule has 0 saturated carbocycles. The quantitative estimate of drug-likeness (QED) is 0.843. The Balaban J connectivity index is 2.11. The van der Waals surface area contributed by atoms with Crippen LogP contribution in [0.5, 0.6) is 11.5 Å². The molecule has 0 saturated heterocycles. The summed E-state index contributed by atoms with van der Waals surface area (Å²) in [5.41, 5.74) is 2.02. The molecule has 0 unspecified atom stereocenters. The van der Waals surface area contributed by atoms with Crippen molar-refractivity contribution in [2.75, 3.05) is 12.1 Å². The van der Waals surface area contributed by atoms with Crippen molar-refractivity contribution in [3.8, 4) is 11.5 Å². The maximum Gasteiger partial charge on any atom is 0.280 e. The fourth-order valence-electron chi connectivity index (χ4n) is 2.82. The number of amides is 1. The van der Waals surface area contributed by atoms with Crippen LogP contribution >= 0.6 is 0 Å². The van der Waals surface area contributed by atoms with E-state index < -0.39 is 0 Å². The van der Waals surface area contributed by atoms with Gasteiger partial charge in [0.2, 0.25) is 0 Å². The first-order chi connectivity index (χ1) is 12.3. The van der Waals surface area contributed by atoms with Crippen LogP contribution in [0.3, 0.4) is 0 Å². The van der Waals surface area contributed by atoms with Gasteiger partial charge in [0.1, 0.15) is 0 Å². The number of hydrogen-bond acceptors (Lipinski definition) is 4. The van der Waals surface area contributed by atoms with Gasteiger partial charge in [0.15, 0.2) is 11.5 Å². The molecule has 2 aromatic carbocycles. The van der Waals surface area contributed by atoms with Crippen LogP contribution in [-0.4, -0.2) is 23.8 Å². The molecule has 5 nitrogen and oxygen atoms in total. The Kier molecular flexibility index (Phi) is 4.55. The number of para-hydroxylation sites is 2. The van der Waals surface area contributed by atoms with Gasteiger partial charge in [0.25, 0.3) is 5.91 Å². The number of aromatic hydroxyl groups is 1. The molecule has 0 aliphatic carbocycles. The molecule has 0 radical (unpaired) electrons. The molecule has 2 aromatic rings. The Morgan fingerprint density at radius 1 is 1.08 bits per heavy atom. The minimum absolute atomic E-state index is 0.00159. The van der Waals surface area contributed by atoms with Crippen molar-refractivity contribution in [3.63, 3.8) is 0 Å². The normalized spacial score (nSPS) is 16.2. The highest BCUT2D eigenvalue weighted by Gasteiger charge is 2.37. The van der Waals surface area contributed by atoms with E-state index in [0.717, 1.165) is 0 Å². The first kappa shape index (κ1) is 17.7. The molecule has 1 heterocycles. The summed E-state index contributed by atoms with van der Waals surface area (Å²) in [5.74, 6) is 0.143. The highest BCUT2D eigenvalue weighted by molar-refractivity contribution is 6.34. The third kappa shape index (κ3) is 3.20. The molecule has 0 bridgehead atoms. The summed E-state index contributed by atoms with van der Waals surface area (Å²) in [6, 6.07) is 14.5. The molecular formula is C21H22N2O3. The van der Waals surface area contributed by atoms with Crippen LogP contribution in [0.15, 0.2) is 59.2 Å². The third-order valence-electron chi connectivity index (χ3n) is 4.14. The molecule has 1 amide bonds. The lowest BCUT2D eigenvalue weighted by Gasteiger charge is -2.18. The Hall–Kier alpha value is -3.08. The summed E-state index contributed by atoms with van der Waals surface area (Å²) in [4.78, 5) is 13.1. The highest BCUT2D eigenvalue weighted by atomic mass is 16.5. The fourth-order valence-corrected chi connectivity index (χ4v) is 2.82. The van der Waals surface area contributed by atoms with E-state index in [4.69, 9.17) is 4.74 Å². The number of benzene rings is 2. The SMILES string of the molecule is COc1cccc(/C=C2\C(=O)N(c3ccccc3)N=C2C(C)(C)C)c1O. The maximum atomic E-state index is 13.1. The number of methoxy groups -OCH3 is 1. The summed E-state index contributed by atoms with van der Waals surface area (Å²) in [5, 5.41) is 16.4. The number of rotatable bonds is 3. The van der Waals surface area contributed by atoms with E-state index in [9.17, 15) is 9.90 Å². The Morgan fingerprint density at radius 2 is 1.77 bits per heavy atom. The van der Waals surface area contributed by atoms with E-state index in [1.165, 1.54) is 12.1 Å². The zero-order valence-electron chi connectivity index (χ0n) is 15.4. The van der Waals surface area contributed by atoms with Crippen molar-refractivity contribution in [3.05, 3.63) is 59.7 Å². The first-order valence-electron chi connectivity index (χ1n) is 8.39. The smallest absolute Gasteiger partial charge is 0.280 e. The van der Waals surface area contributed by atoms with Gasteiger partial charge < -0.3 is 9.84 Å². The summed E-state index contributed by atoms with van der Waals surface area (Å²) in [6.45, 7) is 6.02. The summed E-state index contributed by atoms with van der Waals surface area (Å²) in [6.07, 6.45) is 1.67. The van der Waals surface area contributed by atoms with Gasteiger partial charge in [-0.05, 0) is 24.3 Å². The molecule has 0 aromatic heterocycles. The van der Waals surface area contributed by atoms with Crippen LogP contribution < -0.4 is 9.75 Å². The average Bonchev–Trinajstić information content (AvgIpc) is 2.94. The van der Waals surface area contributed by atoms with E-state index in [2.05, 4.69) is 5.10 Å². The molecule has 1 aliphatic heterocycles. The van der Waals surface area contributed by atoms with Crippen LogP contribution in [0, 0.1) is 5.41 Å². The lowest BCUT2D eigenvalue weighted by Crippen LogP contribution is -2.24. The number of anilines is 1. The van der Waals surface area contributed by atoms with E-state index in [1.54, 1.807) is 24.3 Å². The number of carbonyl (C=O) groups is 1. The van der Waals surface area contributed by atoms with Gasteiger partial charge in [-0.15, -0.1) is 0 Å². The summed E-state index contributed by atoms with van der Waals surface area (Å²) < 4.78 is 5.16. The van der Waals surface area contributed by atoms with Crippen LogP contribution in [0.2, 0.25) is 0 Å². The summed E-state index contributed by atoms with van der Waals surface area (Å²) in [7, 11) is 1.49. The minimum Gasteiger partial charge on any atom is -0.504 e. The summed E-state index contributed by atoms with van der Waals surface area (Å²) >= 11 is 0. The molecule has 26 heavy (non-hydrogen) atoms. The lowest BCUT2D eigenvalue weighted by molar-refractivity contribution is -0.114. The van der Waals surface area contributed by atoms with Gasteiger partial charge in [-0.3, -0.25) is 4.79 Å². The lowest BCUT2D eigenvalue weighted by atomic mass is 9.85. The van der Waals surface area contributed by atoms with Crippen molar-refractivity contribution in [2.45, 2.75) is 20.8 Å². The van der Waals surface area contributed by atoms with Gasteiger partial charge in [-0.25, -0.2) is 0 Å². The molecule has 134 valence electrons. The maximum absolute atomic E-state index is 13.1. The van der Waals surface area contributed by atoms with Gasteiger partial charge in [-0.2, -0.15) is 10.1 Å². The Morgan fingerprint density at radius 3 is 2.38 bits per heavy atom. The average molecular weight is 350 g/mol. The van der Waals surface area contributed by atoms with E-state index >= 15 is 0 Å². The zero-order valence-corrected chi connectivity index (χ0v) is 15.4. The first-order valence-corrected chi connectivity index (χ1v) is 8.39. The van der Waals surface area contributed by atoms with Crippen molar-refractivity contribution >= 4 is 23.4 Å². The molecule has 5 heteroatoms.